The van der Waals surface area contributed by atoms with Gasteiger partial charge < -0.3 is 18.9 Å². The van der Waals surface area contributed by atoms with Crippen molar-refractivity contribution in [3.8, 4) is 0 Å². The molecule has 31 heavy (non-hydrogen) atoms. The normalized spacial score (nSPS) is 22.1. The van der Waals surface area contributed by atoms with Crippen molar-refractivity contribution >= 4 is 16.9 Å². The third kappa shape index (κ3) is 3.64. The number of hydrogen-bond donors (Lipinski definition) is 0. The van der Waals surface area contributed by atoms with Crippen LogP contribution in [0.1, 0.15) is 29.9 Å². The van der Waals surface area contributed by atoms with E-state index in [1.54, 1.807) is 0 Å². The van der Waals surface area contributed by atoms with E-state index in [4.69, 9.17) is 9.47 Å². The minimum atomic E-state index is -0.101. The number of imidazole rings is 1. The third-order valence-electron chi connectivity index (χ3n) is 6.62. The number of rotatable bonds is 4. The monoisotopic (exact) mass is 423 g/mol. The van der Waals surface area contributed by atoms with Gasteiger partial charge in [-0.1, -0.05) is 19.1 Å². The first-order valence-electron chi connectivity index (χ1n) is 11.0. The van der Waals surface area contributed by atoms with Gasteiger partial charge in [0.25, 0.3) is 0 Å². The van der Waals surface area contributed by atoms with E-state index < -0.39 is 0 Å². The topological polar surface area (TPSA) is 74.4 Å². The number of likely N-dealkylation sites (tertiary alicyclic amines) is 1. The molecule has 2 saturated heterocycles. The predicted molar refractivity (Wildman–Crippen MR) is 116 cm³/mol. The average molecular weight is 424 g/mol. The Morgan fingerprint density at radius 1 is 1.13 bits per heavy atom. The van der Waals surface area contributed by atoms with E-state index in [0.29, 0.717) is 26.3 Å². The maximum absolute atomic E-state index is 12.9. The number of fused-ring (bicyclic) bond motifs is 2. The Morgan fingerprint density at radius 3 is 2.52 bits per heavy atom. The van der Waals surface area contributed by atoms with Gasteiger partial charge in [0, 0.05) is 18.8 Å². The Morgan fingerprint density at radius 2 is 1.84 bits per heavy atom. The van der Waals surface area contributed by atoms with Crippen molar-refractivity contribution in [3.63, 3.8) is 0 Å². The molecule has 2 atom stereocenters. The number of carbonyl (C=O) groups is 1. The zero-order valence-corrected chi connectivity index (χ0v) is 18.3. The average Bonchev–Trinajstić information content (AvgIpc) is 3.41. The summed E-state index contributed by atoms with van der Waals surface area (Å²) in [6, 6.07) is 8.16. The largest absolute Gasteiger partial charge is 0.371 e. The molecule has 3 aromatic rings. The molecule has 0 spiro atoms. The second-order valence-electron chi connectivity index (χ2n) is 8.50. The summed E-state index contributed by atoms with van der Waals surface area (Å²) in [5, 5.41) is 4.56. The fraction of sp³-hybridized carbons (Fsp3) is 0.522. The van der Waals surface area contributed by atoms with Crippen LogP contribution in [0.25, 0.3) is 11.0 Å². The van der Waals surface area contributed by atoms with Crippen LogP contribution in [0.3, 0.4) is 0 Å². The molecule has 8 heteroatoms. The lowest BCUT2D eigenvalue weighted by Gasteiger charge is -2.20. The van der Waals surface area contributed by atoms with Crippen molar-refractivity contribution in [2.45, 2.75) is 52.0 Å². The zero-order valence-electron chi connectivity index (χ0n) is 18.3. The second kappa shape index (κ2) is 8.09. The van der Waals surface area contributed by atoms with Crippen LogP contribution in [0.4, 0.5) is 0 Å². The number of para-hydroxylation sites is 2. The van der Waals surface area contributed by atoms with E-state index in [1.165, 1.54) is 5.56 Å². The van der Waals surface area contributed by atoms with Crippen molar-refractivity contribution < 1.29 is 14.3 Å². The summed E-state index contributed by atoms with van der Waals surface area (Å²) in [5.74, 6) is 0.0608. The molecule has 2 aromatic heterocycles. The number of aryl methyl sites for hydroxylation is 1. The molecule has 164 valence electrons. The van der Waals surface area contributed by atoms with Crippen molar-refractivity contribution in [1.82, 2.24) is 24.2 Å². The number of benzene rings is 1. The van der Waals surface area contributed by atoms with Crippen LogP contribution in [0, 0.1) is 13.8 Å². The summed E-state index contributed by atoms with van der Waals surface area (Å²) in [5.41, 5.74) is 5.36. The second-order valence-corrected chi connectivity index (χ2v) is 8.50. The molecule has 0 unspecified atom stereocenters. The van der Waals surface area contributed by atoms with E-state index >= 15 is 0 Å². The molecule has 2 fully saturated rings. The number of carbonyl (C=O) groups excluding carboxylic acids is 1. The van der Waals surface area contributed by atoms with Crippen LogP contribution in [0.5, 0.6) is 0 Å². The maximum atomic E-state index is 12.9. The molecular formula is C23H29N5O3. The van der Waals surface area contributed by atoms with E-state index in [9.17, 15) is 4.79 Å². The highest BCUT2D eigenvalue weighted by molar-refractivity contribution is 5.76. The SMILES string of the molecule is CCc1c(C)nn(CC(=O)N2C[C@@H]3OCC(n4cnc5ccccc54)CO[C@H]3C2)c1C. The molecule has 1 amide bonds. The van der Waals surface area contributed by atoms with Gasteiger partial charge in [-0.05, 0) is 38.0 Å². The molecule has 2 aliphatic heterocycles. The maximum Gasteiger partial charge on any atom is 0.244 e. The lowest BCUT2D eigenvalue weighted by molar-refractivity contribution is -0.131. The Kier molecular flexibility index (Phi) is 5.27. The summed E-state index contributed by atoms with van der Waals surface area (Å²) >= 11 is 0. The number of aromatic nitrogens is 4. The molecule has 2 aliphatic rings. The first-order chi connectivity index (χ1) is 15.0. The van der Waals surface area contributed by atoms with Crippen molar-refractivity contribution in [3.05, 3.63) is 47.5 Å². The minimum Gasteiger partial charge on any atom is -0.371 e. The van der Waals surface area contributed by atoms with Gasteiger partial charge in [0.2, 0.25) is 5.91 Å². The molecule has 0 saturated carbocycles. The molecule has 0 bridgehead atoms. The van der Waals surface area contributed by atoms with Gasteiger partial charge in [-0.2, -0.15) is 5.10 Å². The van der Waals surface area contributed by atoms with Gasteiger partial charge in [0.1, 0.15) is 18.8 Å². The van der Waals surface area contributed by atoms with Gasteiger partial charge in [0.05, 0.1) is 42.3 Å². The van der Waals surface area contributed by atoms with Crippen molar-refractivity contribution in [1.29, 1.82) is 0 Å². The number of ether oxygens (including phenoxy) is 2. The van der Waals surface area contributed by atoms with Crippen LogP contribution in [0.15, 0.2) is 30.6 Å². The Hall–Kier alpha value is -2.71. The quantitative estimate of drug-likeness (QED) is 0.644. The Labute approximate surface area is 181 Å². The number of amides is 1. The molecule has 0 aliphatic carbocycles. The number of hydrogen-bond acceptors (Lipinski definition) is 5. The first-order valence-corrected chi connectivity index (χ1v) is 11.0. The fourth-order valence-corrected chi connectivity index (χ4v) is 4.84. The Balaban J connectivity index is 1.23. The van der Waals surface area contributed by atoms with Crippen LogP contribution >= 0.6 is 0 Å². The lowest BCUT2D eigenvalue weighted by Crippen LogP contribution is -2.34. The van der Waals surface area contributed by atoms with Crippen LogP contribution in [-0.2, 0) is 27.2 Å². The zero-order chi connectivity index (χ0) is 21.5. The number of nitrogens with zero attached hydrogens (tertiary/aromatic N) is 5. The lowest BCUT2D eigenvalue weighted by atomic mass is 10.1. The Bertz CT molecular complexity index is 1090. The molecule has 8 nitrogen and oxygen atoms in total. The summed E-state index contributed by atoms with van der Waals surface area (Å²) in [4.78, 5) is 19.3. The third-order valence-corrected chi connectivity index (χ3v) is 6.62. The standard InChI is InChI=1S/C23H29N5O3/c1-4-18-15(2)25-28(16(18)3)11-23(29)26-9-21-22(10-26)31-13-17(12-30-21)27-14-24-19-7-5-6-8-20(19)27/h5-8,14,17,21-22H,4,9-13H2,1-3H3/t21-,22-/m0/s1. The molecule has 0 radical (unpaired) electrons. The van der Waals surface area contributed by atoms with E-state index in [-0.39, 0.29) is 30.7 Å². The molecular weight excluding hydrogens is 394 g/mol. The highest BCUT2D eigenvalue weighted by Gasteiger charge is 2.39. The summed E-state index contributed by atoms with van der Waals surface area (Å²) in [7, 11) is 0. The van der Waals surface area contributed by atoms with Crippen molar-refractivity contribution in [2.75, 3.05) is 26.3 Å². The van der Waals surface area contributed by atoms with Gasteiger partial charge >= 0.3 is 0 Å². The van der Waals surface area contributed by atoms with Gasteiger partial charge in [-0.3, -0.25) is 9.48 Å². The van der Waals surface area contributed by atoms with Gasteiger partial charge in [-0.25, -0.2) is 4.98 Å². The van der Waals surface area contributed by atoms with Gasteiger partial charge in [0.15, 0.2) is 0 Å². The summed E-state index contributed by atoms with van der Waals surface area (Å²) in [6.07, 6.45) is 2.58. The smallest absolute Gasteiger partial charge is 0.244 e. The summed E-state index contributed by atoms with van der Waals surface area (Å²) < 4.78 is 16.4. The van der Waals surface area contributed by atoms with E-state index in [0.717, 1.165) is 28.8 Å². The predicted octanol–water partition coefficient (Wildman–Crippen LogP) is 2.28. The minimum absolute atomic E-state index is 0.0608. The van der Waals surface area contributed by atoms with Gasteiger partial charge in [-0.15, -0.1) is 0 Å². The fourth-order valence-electron chi connectivity index (χ4n) is 4.84. The van der Waals surface area contributed by atoms with Crippen LogP contribution < -0.4 is 0 Å². The molecule has 1 aromatic carbocycles. The highest BCUT2D eigenvalue weighted by atomic mass is 16.6. The van der Waals surface area contributed by atoms with Crippen molar-refractivity contribution in [2.24, 2.45) is 0 Å². The molecule has 0 N–H and O–H groups in total. The first kappa shape index (κ1) is 20.2. The highest BCUT2D eigenvalue weighted by Crippen LogP contribution is 2.26. The van der Waals surface area contributed by atoms with Crippen LogP contribution in [0.2, 0.25) is 0 Å². The summed E-state index contributed by atoms with van der Waals surface area (Å²) in [6.45, 7) is 8.61. The van der Waals surface area contributed by atoms with Crippen LogP contribution in [-0.4, -0.2) is 68.6 Å². The molecule has 5 rings (SSSR count). The van der Waals surface area contributed by atoms with E-state index in [2.05, 4.69) is 27.6 Å². The molecule has 4 heterocycles. The van der Waals surface area contributed by atoms with E-state index in [1.807, 2.05) is 48.0 Å².